The van der Waals surface area contributed by atoms with E-state index in [0.29, 0.717) is 11.8 Å². The molecule has 3 heteroatoms. The average molecular weight is 287 g/mol. The van der Waals surface area contributed by atoms with Gasteiger partial charge in [-0.1, -0.05) is 45.4 Å². The van der Waals surface area contributed by atoms with E-state index >= 15 is 0 Å². The van der Waals surface area contributed by atoms with E-state index in [0.717, 1.165) is 26.1 Å². The Morgan fingerprint density at radius 1 is 1.14 bits per heavy atom. The fraction of sp³-hybridized carbons (Fsp3) is 0.611. The third-order valence-corrected chi connectivity index (χ3v) is 4.08. The fourth-order valence-electron chi connectivity index (χ4n) is 2.80. The van der Waals surface area contributed by atoms with E-state index in [1.165, 1.54) is 23.0 Å². The van der Waals surface area contributed by atoms with Gasteiger partial charge in [-0.05, 0) is 44.3 Å². The summed E-state index contributed by atoms with van der Waals surface area (Å²) in [6.45, 7) is 12.1. The number of hydrogen-bond donors (Lipinski definition) is 1. The molecule has 1 unspecified atom stereocenters. The molecule has 0 saturated heterocycles. The molecule has 0 spiro atoms. The summed E-state index contributed by atoms with van der Waals surface area (Å²) in [5.74, 6) is 1.37. The monoisotopic (exact) mass is 287 g/mol. The lowest BCUT2D eigenvalue weighted by molar-refractivity contribution is 0.433. The molecule has 1 atom stereocenters. The maximum Gasteiger partial charge on any atom is 0.0706 e. The van der Waals surface area contributed by atoms with Gasteiger partial charge in [0.25, 0.3) is 0 Å². The lowest BCUT2D eigenvalue weighted by Gasteiger charge is -2.16. The van der Waals surface area contributed by atoms with Crippen molar-refractivity contribution in [2.24, 2.45) is 11.8 Å². The van der Waals surface area contributed by atoms with Gasteiger partial charge in [-0.15, -0.1) is 0 Å². The summed E-state index contributed by atoms with van der Waals surface area (Å²) in [4.78, 5) is 0. The summed E-state index contributed by atoms with van der Waals surface area (Å²) in [7, 11) is 0. The molecule has 116 valence electrons. The first-order valence-corrected chi connectivity index (χ1v) is 8.30. The van der Waals surface area contributed by atoms with Gasteiger partial charge in [-0.25, -0.2) is 0 Å². The molecular weight excluding hydrogens is 258 g/mol. The molecule has 0 saturated carbocycles. The summed E-state index contributed by atoms with van der Waals surface area (Å²) in [5, 5.41) is 9.74. The Balaban J connectivity index is 2.10. The van der Waals surface area contributed by atoms with E-state index < -0.39 is 0 Å². The first kappa shape index (κ1) is 16.0. The second-order valence-electron chi connectivity index (χ2n) is 6.31. The van der Waals surface area contributed by atoms with Crippen LogP contribution in [0.5, 0.6) is 0 Å². The highest BCUT2D eigenvalue weighted by atomic mass is 15.3. The predicted octanol–water partition coefficient (Wildman–Crippen LogP) is 3.87. The van der Waals surface area contributed by atoms with Crippen LogP contribution in [0.3, 0.4) is 0 Å². The van der Waals surface area contributed by atoms with Crippen LogP contribution in [-0.4, -0.2) is 22.9 Å². The number of nitrogens with zero attached hydrogens (tertiary/aromatic N) is 2. The molecule has 2 aromatic rings. The molecule has 0 radical (unpaired) electrons. The number of rotatable bonds is 8. The van der Waals surface area contributed by atoms with Crippen LogP contribution in [0.2, 0.25) is 0 Å². The molecule has 2 rings (SSSR count). The van der Waals surface area contributed by atoms with Gasteiger partial charge < -0.3 is 5.32 Å². The molecule has 21 heavy (non-hydrogen) atoms. The van der Waals surface area contributed by atoms with Crippen LogP contribution in [0.25, 0.3) is 10.9 Å². The van der Waals surface area contributed by atoms with Crippen molar-refractivity contribution in [1.82, 2.24) is 15.1 Å². The number of para-hydroxylation sites is 1. The van der Waals surface area contributed by atoms with Crippen molar-refractivity contribution in [3.8, 4) is 0 Å². The molecule has 0 fully saturated rings. The Labute approximate surface area is 128 Å². The Morgan fingerprint density at radius 3 is 2.57 bits per heavy atom. The molecule has 1 heterocycles. The van der Waals surface area contributed by atoms with Crippen molar-refractivity contribution >= 4 is 10.9 Å². The molecule has 1 aromatic heterocycles. The van der Waals surface area contributed by atoms with Gasteiger partial charge in [0.2, 0.25) is 0 Å². The van der Waals surface area contributed by atoms with Crippen molar-refractivity contribution < 1.29 is 0 Å². The largest absolute Gasteiger partial charge is 0.316 e. The molecule has 0 aliphatic heterocycles. The number of fused-ring (bicyclic) bond motifs is 1. The third kappa shape index (κ3) is 4.07. The van der Waals surface area contributed by atoms with Crippen LogP contribution in [-0.2, 0) is 13.0 Å². The number of aromatic nitrogens is 2. The minimum Gasteiger partial charge on any atom is -0.316 e. The van der Waals surface area contributed by atoms with E-state index in [1.54, 1.807) is 0 Å². The van der Waals surface area contributed by atoms with Gasteiger partial charge in [-0.2, -0.15) is 5.10 Å². The second kappa shape index (κ2) is 7.60. The van der Waals surface area contributed by atoms with E-state index in [9.17, 15) is 0 Å². The van der Waals surface area contributed by atoms with Gasteiger partial charge >= 0.3 is 0 Å². The van der Waals surface area contributed by atoms with Crippen LogP contribution in [0.15, 0.2) is 24.3 Å². The summed E-state index contributed by atoms with van der Waals surface area (Å²) in [6, 6.07) is 8.60. The summed E-state index contributed by atoms with van der Waals surface area (Å²) in [5.41, 5.74) is 2.52. The highest BCUT2D eigenvalue weighted by Gasteiger charge is 2.14. The van der Waals surface area contributed by atoms with Gasteiger partial charge in [0.1, 0.15) is 0 Å². The second-order valence-corrected chi connectivity index (χ2v) is 6.31. The number of benzene rings is 1. The van der Waals surface area contributed by atoms with E-state index in [4.69, 9.17) is 5.10 Å². The van der Waals surface area contributed by atoms with Gasteiger partial charge in [-0.3, -0.25) is 4.68 Å². The molecular formula is C18H29N3. The lowest BCUT2D eigenvalue weighted by Crippen LogP contribution is -2.27. The molecule has 1 N–H and O–H groups in total. The Morgan fingerprint density at radius 2 is 1.90 bits per heavy atom. The van der Waals surface area contributed by atoms with Crippen LogP contribution in [0.4, 0.5) is 0 Å². The Bertz CT molecular complexity index is 557. The minimum atomic E-state index is 0.660. The highest BCUT2D eigenvalue weighted by Crippen LogP contribution is 2.22. The molecule has 1 aromatic carbocycles. The topological polar surface area (TPSA) is 29.9 Å². The number of aryl methyl sites for hydroxylation is 1. The zero-order chi connectivity index (χ0) is 15.2. The minimum absolute atomic E-state index is 0.660. The number of hydrogen-bond acceptors (Lipinski definition) is 2. The third-order valence-electron chi connectivity index (χ3n) is 4.08. The molecule has 0 bridgehead atoms. The van der Waals surface area contributed by atoms with Crippen molar-refractivity contribution in [1.29, 1.82) is 0 Å². The van der Waals surface area contributed by atoms with Crippen molar-refractivity contribution in [2.75, 3.05) is 13.1 Å². The zero-order valence-electron chi connectivity index (χ0n) is 13.9. The molecule has 3 nitrogen and oxygen atoms in total. The van der Waals surface area contributed by atoms with Crippen molar-refractivity contribution in [3.63, 3.8) is 0 Å². The number of nitrogens with one attached hydrogen (secondary N) is 1. The SMILES string of the molecule is CCC(CNCC(C)C)Cc1nn(CC)c2ccccc12. The van der Waals surface area contributed by atoms with Gasteiger partial charge in [0.15, 0.2) is 0 Å². The van der Waals surface area contributed by atoms with Crippen LogP contribution >= 0.6 is 0 Å². The maximum absolute atomic E-state index is 4.83. The maximum atomic E-state index is 4.83. The van der Waals surface area contributed by atoms with E-state index in [2.05, 4.69) is 62.0 Å². The molecule has 0 aliphatic rings. The zero-order valence-corrected chi connectivity index (χ0v) is 13.9. The van der Waals surface area contributed by atoms with Crippen LogP contribution in [0, 0.1) is 11.8 Å². The Hall–Kier alpha value is -1.35. The smallest absolute Gasteiger partial charge is 0.0706 e. The van der Waals surface area contributed by atoms with Gasteiger partial charge in [0, 0.05) is 11.9 Å². The van der Waals surface area contributed by atoms with Crippen molar-refractivity contribution in [3.05, 3.63) is 30.0 Å². The molecule has 0 aliphatic carbocycles. The lowest BCUT2D eigenvalue weighted by atomic mass is 9.98. The summed E-state index contributed by atoms with van der Waals surface area (Å²) in [6.07, 6.45) is 2.26. The van der Waals surface area contributed by atoms with Crippen LogP contribution < -0.4 is 5.32 Å². The molecule has 0 amide bonds. The van der Waals surface area contributed by atoms with Gasteiger partial charge in [0.05, 0.1) is 11.2 Å². The highest BCUT2D eigenvalue weighted by molar-refractivity contribution is 5.81. The first-order chi connectivity index (χ1) is 10.2. The standard InChI is InChI=1S/C18H29N3/c1-5-15(13-19-12-14(3)4)11-17-16-9-7-8-10-18(16)21(6-2)20-17/h7-10,14-15,19H,5-6,11-13H2,1-4H3. The summed E-state index contributed by atoms with van der Waals surface area (Å²) < 4.78 is 2.12. The summed E-state index contributed by atoms with van der Waals surface area (Å²) >= 11 is 0. The van der Waals surface area contributed by atoms with Crippen molar-refractivity contribution in [2.45, 2.75) is 47.1 Å². The normalized spacial score (nSPS) is 13.2. The first-order valence-electron chi connectivity index (χ1n) is 8.30. The van der Waals surface area contributed by atoms with Crippen LogP contribution in [0.1, 0.15) is 39.8 Å². The Kier molecular flexibility index (Phi) is 5.80. The van der Waals surface area contributed by atoms with E-state index in [-0.39, 0.29) is 0 Å². The fourth-order valence-corrected chi connectivity index (χ4v) is 2.80. The predicted molar refractivity (Wildman–Crippen MR) is 90.6 cm³/mol. The average Bonchev–Trinajstić information content (AvgIpc) is 2.84. The quantitative estimate of drug-likeness (QED) is 0.798. The van der Waals surface area contributed by atoms with E-state index in [1.807, 2.05) is 0 Å².